The molecule has 0 aliphatic carbocycles. The van der Waals surface area contributed by atoms with E-state index in [0.29, 0.717) is 19.3 Å². The molecule has 0 aromatic carbocycles. The summed E-state index contributed by atoms with van der Waals surface area (Å²) in [5.74, 6) is -1.68. The summed E-state index contributed by atoms with van der Waals surface area (Å²) in [6, 6.07) is 0. The van der Waals surface area contributed by atoms with Crippen molar-refractivity contribution in [1.82, 2.24) is 0 Å². The highest BCUT2D eigenvalue weighted by atomic mass is 16.6. The minimum Gasteiger partial charge on any atom is -0.481 e. The number of aliphatic carboxylic acids is 1. The zero-order valence-electron chi connectivity index (χ0n) is 10.9. The lowest BCUT2D eigenvalue weighted by Crippen LogP contribution is -2.12. The molecule has 0 fully saturated rings. The molecule has 0 atom stereocenters. The molecule has 0 unspecified atom stereocenters. The van der Waals surface area contributed by atoms with Gasteiger partial charge in [-0.3, -0.25) is 9.59 Å². The monoisotopic (exact) mass is 272 g/mol. The summed E-state index contributed by atoms with van der Waals surface area (Å²) < 4.78 is 9.47. The van der Waals surface area contributed by atoms with Crippen LogP contribution in [0, 0.1) is 0 Å². The number of carboxylic acids is 1. The van der Waals surface area contributed by atoms with Gasteiger partial charge in [-0.15, -0.1) is 0 Å². The first-order chi connectivity index (χ1) is 9.06. The van der Waals surface area contributed by atoms with Crippen LogP contribution >= 0.6 is 0 Å². The molecular formula is C13H20O6. The third-order valence-corrected chi connectivity index (χ3v) is 2.28. The lowest BCUT2D eigenvalue weighted by molar-refractivity contribution is -0.149. The standard InChI is InChI=1S/C13H20O6/c1-2-12(16)18-9-10-19-13(17)8-6-4-3-5-7-11(14)15/h2H,1,3-10H2,(H,14,15). The third-order valence-electron chi connectivity index (χ3n) is 2.28. The van der Waals surface area contributed by atoms with E-state index in [2.05, 4.69) is 11.3 Å². The molecule has 0 radical (unpaired) electrons. The number of unbranched alkanes of at least 4 members (excludes halogenated alkanes) is 3. The lowest BCUT2D eigenvalue weighted by Gasteiger charge is -2.05. The molecule has 0 bridgehead atoms. The van der Waals surface area contributed by atoms with Crippen molar-refractivity contribution in [2.45, 2.75) is 38.5 Å². The normalized spacial score (nSPS) is 9.68. The Bertz CT molecular complexity index is 310. The molecule has 6 heteroatoms. The summed E-state index contributed by atoms with van der Waals surface area (Å²) in [5.41, 5.74) is 0. The van der Waals surface area contributed by atoms with Crippen LogP contribution in [0.2, 0.25) is 0 Å². The largest absolute Gasteiger partial charge is 0.481 e. The number of carbonyl (C=O) groups excluding carboxylic acids is 2. The molecule has 0 saturated carbocycles. The van der Waals surface area contributed by atoms with Crippen LogP contribution in [0.15, 0.2) is 12.7 Å². The Labute approximate surface area is 112 Å². The number of carboxylic acid groups (broad SMARTS) is 1. The van der Waals surface area contributed by atoms with E-state index in [9.17, 15) is 14.4 Å². The minimum absolute atomic E-state index is 0.0230. The van der Waals surface area contributed by atoms with Gasteiger partial charge in [0.25, 0.3) is 0 Å². The van der Waals surface area contributed by atoms with Crippen LogP contribution < -0.4 is 0 Å². The van der Waals surface area contributed by atoms with Gasteiger partial charge in [-0.1, -0.05) is 19.4 Å². The first-order valence-electron chi connectivity index (χ1n) is 6.23. The van der Waals surface area contributed by atoms with Crippen LogP contribution in [0.4, 0.5) is 0 Å². The highest BCUT2D eigenvalue weighted by molar-refractivity contribution is 5.81. The van der Waals surface area contributed by atoms with Crippen molar-refractivity contribution in [3.63, 3.8) is 0 Å². The Hall–Kier alpha value is -1.85. The Morgan fingerprint density at radius 3 is 2.11 bits per heavy atom. The lowest BCUT2D eigenvalue weighted by atomic mass is 10.1. The van der Waals surface area contributed by atoms with Crippen molar-refractivity contribution >= 4 is 17.9 Å². The first-order valence-corrected chi connectivity index (χ1v) is 6.23. The Morgan fingerprint density at radius 2 is 1.53 bits per heavy atom. The average Bonchev–Trinajstić information content (AvgIpc) is 2.38. The predicted octanol–water partition coefficient (Wildman–Crippen LogP) is 1.68. The highest BCUT2D eigenvalue weighted by Gasteiger charge is 2.04. The molecule has 0 aromatic heterocycles. The highest BCUT2D eigenvalue weighted by Crippen LogP contribution is 2.06. The van der Waals surface area contributed by atoms with Crippen molar-refractivity contribution in [3.05, 3.63) is 12.7 Å². The maximum absolute atomic E-state index is 11.2. The van der Waals surface area contributed by atoms with E-state index in [0.717, 1.165) is 18.9 Å². The van der Waals surface area contributed by atoms with Gasteiger partial charge < -0.3 is 14.6 Å². The van der Waals surface area contributed by atoms with Crippen LogP contribution in [0.5, 0.6) is 0 Å². The van der Waals surface area contributed by atoms with Gasteiger partial charge in [0.15, 0.2) is 0 Å². The topological polar surface area (TPSA) is 89.9 Å². The van der Waals surface area contributed by atoms with Crippen LogP contribution in [0.1, 0.15) is 38.5 Å². The molecule has 0 spiro atoms. The molecule has 0 aliphatic rings. The Morgan fingerprint density at radius 1 is 0.947 bits per heavy atom. The van der Waals surface area contributed by atoms with Crippen LogP contribution in [0.25, 0.3) is 0 Å². The van der Waals surface area contributed by atoms with Crippen molar-refractivity contribution in [2.24, 2.45) is 0 Å². The first kappa shape index (κ1) is 17.2. The molecule has 0 amide bonds. The number of carbonyl (C=O) groups is 3. The molecule has 0 aliphatic heterocycles. The number of hydrogen-bond donors (Lipinski definition) is 1. The van der Waals surface area contributed by atoms with Crippen molar-refractivity contribution in [1.29, 1.82) is 0 Å². The summed E-state index contributed by atoms with van der Waals surface area (Å²) in [7, 11) is 0. The van der Waals surface area contributed by atoms with Gasteiger partial charge in [-0.25, -0.2) is 4.79 Å². The van der Waals surface area contributed by atoms with E-state index >= 15 is 0 Å². The molecule has 0 aromatic rings. The summed E-state index contributed by atoms with van der Waals surface area (Å²) >= 11 is 0. The van der Waals surface area contributed by atoms with E-state index in [1.807, 2.05) is 0 Å². The smallest absolute Gasteiger partial charge is 0.330 e. The van der Waals surface area contributed by atoms with E-state index in [1.54, 1.807) is 0 Å². The summed E-state index contributed by atoms with van der Waals surface area (Å²) in [6.45, 7) is 3.29. The summed E-state index contributed by atoms with van der Waals surface area (Å²) in [6.07, 6.45) is 4.39. The second kappa shape index (κ2) is 11.3. The Balaban J connectivity index is 3.32. The molecule has 6 nitrogen and oxygen atoms in total. The number of ether oxygens (including phenoxy) is 2. The van der Waals surface area contributed by atoms with Crippen LogP contribution in [-0.2, 0) is 23.9 Å². The molecule has 19 heavy (non-hydrogen) atoms. The van der Waals surface area contributed by atoms with Gasteiger partial charge in [0.2, 0.25) is 0 Å². The molecule has 108 valence electrons. The molecule has 0 heterocycles. The predicted molar refractivity (Wildman–Crippen MR) is 67.5 cm³/mol. The van der Waals surface area contributed by atoms with Gasteiger partial charge in [-0.2, -0.15) is 0 Å². The molecule has 0 saturated heterocycles. The second-order valence-electron chi connectivity index (χ2n) is 3.90. The van der Waals surface area contributed by atoms with E-state index < -0.39 is 11.9 Å². The maximum atomic E-state index is 11.2. The minimum atomic E-state index is -0.798. The van der Waals surface area contributed by atoms with Gasteiger partial charge >= 0.3 is 17.9 Å². The van der Waals surface area contributed by atoms with Gasteiger partial charge in [0.1, 0.15) is 13.2 Å². The van der Waals surface area contributed by atoms with E-state index in [-0.39, 0.29) is 25.6 Å². The molecule has 1 N–H and O–H groups in total. The number of rotatable bonds is 11. The van der Waals surface area contributed by atoms with Crippen LogP contribution in [0.3, 0.4) is 0 Å². The van der Waals surface area contributed by atoms with Gasteiger partial charge in [-0.05, 0) is 12.8 Å². The fraction of sp³-hybridized carbons (Fsp3) is 0.615. The van der Waals surface area contributed by atoms with E-state index in [1.165, 1.54) is 0 Å². The number of hydrogen-bond acceptors (Lipinski definition) is 5. The zero-order chi connectivity index (χ0) is 14.5. The average molecular weight is 272 g/mol. The third kappa shape index (κ3) is 12.4. The summed E-state index contributed by atoms with van der Waals surface area (Å²) in [5, 5.41) is 8.42. The molecular weight excluding hydrogens is 252 g/mol. The summed E-state index contributed by atoms with van der Waals surface area (Å²) in [4.78, 5) is 32.1. The molecule has 0 rings (SSSR count). The van der Waals surface area contributed by atoms with Crippen molar-refractivity contribution in [2.75, 3.05) is 13.2 Å². The fourth-order valence-electron chi connectivity index (χ4n) is 1.33. The second-order valence-corrected chi connectivity index (χ2v) is 3.90. The Kier molecular flexibility index (Phi) is 10.2. The van der Waals surface area contributed by atoms with Crippen molar-refractivity contribution < 1.29 is 29.0 Å². The van der Waals surface area contributed by atoms with E-state index in [4.69, 9.17) is 9.84 Å². The van der Waals surface area contributed by atoms with Gasteiger partial charge in [0, 0.05) is 18.9 Å². The maximum Gasteiger partial charge on any atom is 0.330 e. The number of esters is 2. The zero-order valence-corrected chi connectivity index (χ0v) is 10.9. The van der Waals surface area contributed by atoms with Crippen LogP contribution in [-0.4, -0.2) is 36.2 Å². The quantitative estimate of drug-likeness (QED) is 0.349. The van der Waals surface area contributed by atoms with Crippen molar-refractivity contribution in [3.8, 4) is 0 Å². The fourth-order valence-corrected chi connectivity index (χ4v) is 1.33. The van der Waals surface area contributed by atoms with Gasteiger partial charge in [0.05, 0.1) is 0 Å². The SMILES string of the molecule is C=CC(=O)OCCOC(=O)CCCCCCC(=O)O.